The van der Waals surface area contributed by atoms with Crippen LogP contribution >= 0.6 is 0 Å². The summed E-state index contributed by atoms with van der Waals surface area (Å²) in [5, 5.41) is 2.83. The average molecular weight is 418 g/mol. The number of ether oxygens (including phenoxy) is 1. The summed E-state index contributed by atoms with van der Waals surface area (Å²) in [6.45, 7) is 6.24. The van der Waals surface area contributed by atoms with Crippen molar-refractivity contribution in [2.45, 2.75) is 39.4 Å². The Balaban J connectivity index is 1.76. The van der Waals surface area contributed by atoms with Gasteiger partial charge in [-0.05, 0) is 30.0 Å². The second-order valence-electron chi connectivity index (χ2n) is 8.23. The van der Waals surface area contributed by atoms with Gasteiger partial charge in [-0.15, -0.1) is 0 Å². The minimum atomic E-state index is -1.03. The molecule has 1 aliphatic rings. The van der Waals surface area contributed by atoms with E-state index in [1.54, 1.807) is 26.2 Å². The maximum atomic E-state index is 12.8. The fourth-order valence-electron chi connectivity index (χ4n) is 3.66. The number of anilines is 1. The lowest BCUT2D eigenvalue weighted by Gasteiger charge is -2.27. The lowest BCUT2D eigenvalue weighted by Crippen LogP contribution is -2.26. The van der Waals surface area contributed by atoms with Crippen molar-refractivity contribution in [3.63, 3.8) is 0 Å². The molecule has 0 saturated heterocycles. The smallest absolute Gasteiger partial charge is 0.291 e. The monoisotopic (exact) mass is 417 g/mol. The number of hydrogen-bond acceptors (Lipinski definition) is 5. The van der Waals surface area contributed by atoms with Crippen molar-refractivity contribution in [3.05, 3.63) is 52.5 Å². The molecule has 0 fully saturated rings. The summed E-state index contributed by atoms with van der Waals surface area (Å²) in [5.74, 6) is 1.27. The highest BCUT2D eigenvalue weighted by Crippen LogP contribution is 2.38. The molecule has 0 bridgehead atoms. The van der Waals surface area contributed by atoms with Gasteiger partial charge in [0.15, 0.2) is 11.5 Å². The molecule has 1 N–H and O–H groups in total. The van der Waals surface area contributed by atoms with Gasteiger partial charge in [-0.1, -0.05) is 26.0 Å². The zero-order valence-corrected chi connectivity index (χ0v) is 18.1. The van der Waals surface area contributed by atoms with Gasteiger partial charge in [-0.2, -0.15) is 0 Å². The molecule has 1 heterocycles. The minimum Gasteiger partial charge on any atom is -0.455 e. The highest BCUT2D eigenvalue weighted by molar-refractivity contribution is 7.84. The van der Waals surface area contributed by atoms with Crippen LogP contribution in [0.3, 0.4) is 0 Å². The van der Waals surface area contributed by atoms with Gasteiger partial charge in [-0.25, -0.2) is 0 Å². The van der Waals surface area contributed by atoms with E-state index in [4.69, 9.17) is 9.15 Å². The molecule has 7 heteroatoms. The fourth-order valence-corrected chi connectivity index (χ4v) is 4.71. The van der Waals surface area contributed by atoms with Gasteiger partial charge in [0.05, 0.1) is 12.2 Å². The molecule has 1 aromatic heterocycles. The maximum absolute atomic E-state index is 12.8. The Morgan fingerprint density at radius 2 is 2.07 bits per heavy atom. The first-order chi connectivity index (χ1) is 13.7. The molecule has 1 aliphatic carbocycles. The molecule has 0 radical (unpaired) electrons. The molecule has 2 aromatic rings. The van der Waals surface area contributed by atoms with E-state index in [1.165, 1.54) is 0 Å². The minimum absolute atomic E-state index is 0.0251. The van der Waals surface area contributed by atoms with Crippen molar-refractivity contribution in [2.24, 2.45) is 5.41 Å². The first kappa shape index (κ1) is 21.5. The van der Waals surface area contributed by atoms with E-state index in [0.29, 0.717) is 53.5 Å². The van der Waals surface area contributed by atoms with E-state index in [-0.39, 0.29) is 22.9 Å². The molecular formula is C22H27NO5S. The van der Waals surface area contributed by atoms with E-state index in [9.17, 15) is 13.8 Å². The first-order valence-corrected chi connectivity index (χ1v) is 11.1. The summed E-state index contributed by atoms with van der Waals surface area (Å²) in [6, 6.07) is 7.25. The van der Waals surface area contributed by atoms with Crippen LogP contribution in [0.25, 0.3) is 0 Å². The molecule has 1 amide bonds. The van der Waals surface area contributed by atoms with Gasteiger partial charge in [0, 0.05) is 53.5 Å². The SMILES string of the molecule is COCCS(=O)Cc1cccc(NC(=O)c2oc3c(c2C)C(=O)CC(C)(C)C3)c1. The molecule has 0 spiro atoms. The molecule has 156 valence electrons. The van der Waals surface area contributed by atoms with Crippen molar-refractivity contribution in [2.75, 3.05) is 24.8 Å². The van der Waals surface area contributed by atoms with E-state index in [2.05, 4.69) is 5.32 Å². The largest absolute Gasteiger partial charge is 0.455 e. The Kier molecular flexibility index (Phi) is 6.39. The predicted molar refractivity (Wildman–Crippen MR) is 113 cm³/mol. The van der Waals surface area contributed by atoms with E-state index < -0.39 is 10.8 Å². The normalized spacial score (nSPS) is 16.3. The van der Waals surface area contributed by atoms with E-state index in [1.807, 2.05) is 26.0 Å². The molecule has 1 atom stereocenters. The number of nitrogens with one attached hydrogen (secondary N) is 1. The lowest BCUT2D eigenvalue weighted by atomic mass is 9.76. The summed E-state index contributed by atoms with van der Waals surface area (Å²) in [6.07, 6.45) is 1.08. The van der Waals surface area contributed by atoms with Crippen LogP contribution in [0.4, 0.5) is 5.69 Å². The van der Waals surface area contributed by atoms with Gasteiger partial charge in [0.2, 0.25) is 0 Å². The number of amides is 1. The van der Waals surface area contributed by atoms with Crippen molar-refractivity contribution in [1.82, 2.24) is 0 Å². The Morgan fingerprint density at radius 1 is 1.31 bits per heavy atom. The highest BCUT2D eigenvalue weighted by Gasteiger charge is 2.37. The number of Topliss-reactive ketones (excluding diaryl/α,β-unsaturated/α-hetero) is 1. The second kappa shape index (κ2) is 8.63. The van der Waals surface area contributed by atoms with Crippen LogP contribution in [0.1, 0.15) is 58.1 Å². The summed E-state index contributed by atoms with van der Waals surface area (Å²) in [4.78, 5) is 25.3. The quantitative estimate of drug-likeness (QED) is 0.739. The third-order valence-corrected chi connectivity index (χ3v) is 6.29. The van der Waals surface area contributed by atoms with Crippen LogP contribution in [-0.4, -0.2) is 35.4 Å². The third kappa shape index (κ3) is 5.03. The zero-order chi connectivity index (χ0) is 21.2. The van der Waals surface area contributed by atoms with Crippen LogP contribution in [-0.2, 0) is 27.7 Å². The average Bonchev–Trinajstić information content (AvgIpc) is 2.95. The van der Waals surface area contributed by atoms with E-state index in [0.717, 1.165) is 5.56 Å². The Hall–Kier alpha value is -2.25. The number of methoxy groups -OCH3 is 1. The van der Waals surface area contributed by atoms with Gasteiger partial charge in [0.1, 0.15) is 5.76 Å². The lowest BCUT2D eigenvalue weighted by molar-refractivity contribution is 0.0898. The number of carbonyl (C=O) groups excluding carboxylic acids is 2. The summed E-state index contributed by atoms with van der Waals surface area (Å²) >= 11 is 0. The zero-order valence-electron chi connectivity index (χ0n) is 17.3. The van der Waals surface area contributed by atoms with E-state index >= 15 is 0 Å². The number of ketones is 1. The van der Waals surface area contributed by atoms with Crippen LogP contribution in [0.2, 0.25) is 0 Å². The number of fused-ring (bicyclic) bond motifs is 1. The molecular weight excluding hydrogens is 390 g/mol. The third-order valence-electron chi connectivity index (χ3n) is 5.01. The van der Waals surface area contributed by atoms with Crippen molar-refractivity contribution in [3.8, 4) is 0 Å². The molecule has 29 heavy (non-hydrogen) atoms. The maximum Gasteiger partial charge on any atom is 0.291 e. The standard InChI is InChI=1S/C22H27NO5S/c1-14-19-17(24)11-22(2,3)12-18(19)28-20(14)21(25)23-16-7-5-6-15(10-16)13-29(26)9-8-27-4/h5-7,10H,8-9,11-13H2,1-4H3,(H,23,25). The topological polar surface area (TPSA) is 85.6 Å². The molecule has 1 unspecified atom stereocenters. The molecule has 6 nitrogen and oxygen atoms in total. The van der Waals surface area contributed by atoms with Crippen molar-refractivity contribution in [1.29, 1.82) is 0 Å². The molecule has 1 aromatic carbocycles. The number of furan rings is 1. The first-order valence-electron chi connectivity index (χ1n) is 9.60. The number of benzene rings is 1. The predicted octanol–water partition coefficient (Wildman–Crippen LogP) is 3.89. The highest BCUT2D eigenvalue weighted by atomic mass is 32.2. The Bertz CT molecular complexity index is 960. The number of rotatable bonds is 7. The van der Waals surface area contributed by atoms with Crippen molar-refractivity contribution < 1.29 is 23.0 Å². The van der Waals surface area contributed by atoms with Gasteiger partial charge in [0.25, 0.3) is 5.91 Å². The summed E-state index contributed by atoms with van der Waals surface area (Å²) < 4.78 is 22.8. The number of carbonyl (C=O) groups is 2. The van der Waals surface area contributed by atoms with Crippen LogP contribution < -0.4 is 5.32 Å². The molecule has 0 saturated carbocycles. The Labute approximate surface area is 173 Å². The Morgan fingerprint density at radius 3 is 2.79 bits per heavy atom. The van der Waals surface area contributed by atoms with Gasteiger partial charge < -0.3 is 14.5 Å². The van der Waals surface area contributed by atoms with Gasteiger partial charge in [-0.3, -0.25) is 13.8 Å². The molecule has 3 rings (SSSR count). The summed E-state index contributed by atoms with van der Waals surface area (Å²) in [5.41, 5.74) is 2.43. The summed E-state index contributed by atoms with van der Waals surface area (Å²) in [7, 11) is 0.548. The van der Waals surface area contributed by atoms with Crippen LogP contribution in [0.5, 0.6) is 0 Å². The van der Waals surface area contributed by atoms with Crippen LogP contribution in [0, 0.1) is 12.3 Å². The molecule has 0 aliphatic heterocycles. The van der Waals surface area contributed by atoms with Gasteiger partial charge >= 0.3 is 0 Å². The second-order valence-corrected chi connectivity index (χ2v) is 9.81. The number of hydrogen-bond donors (Lipinski definition) is 1. The fraction of sp³-hybridized carbons (Fsp3) is 0.455. The van der Waals surface area contributed by atoms with Crippen molar-refractivity contribution >= 4 is 28.2 Å². The van der Waals surface area contributed by atoms with Crippen LogP contribution in [0.15, 0.2) is 28.7 Å².